The summed E-state index contributed by atoms with van der Waals surface area (Å²) in [4.78, 5) is 2.61. The summed E-state index contributed by atoms with van der Waals surface area (Å²) in [6, 6.07) is 3.92. The van der Waals surface area contributed by atoms with E-state index in [1.165, 1.54) is 38.5 Å². The quantitative estimate of drug-likeness (QED) is 0.811. The van der Waals surface area contributed by atoms with E-state index in [0.29, 0.717) is 6.04 Å². The molecule has 3 nitrogen and oxygen atoms in total. The van der Waals surface area contributed by atoms with Gasteiger partial charge in [-0.15, -0.1) is 0 Å². The van der Waals surface area contributed by atoms with Crippen LogP contribution in [0.1, 0.15) is 71.6 Å². The number of hydrogen-bond donors (Lipinski definition) is 1. The molecule has 120 valence electrons. The highest BCUT2D eigenvalue weighted by Crippen LogP contribution is 2.36. The second-order valence-electron chi connectivity index (χ2n) is 7.27. The van der Waals surface area contributed by atoms with Gasteiger partial charge in [0.15, 0.2) is 0 Å². The lowest BCUT2D eigenvalue weighted by Gasteiger charge is -2.38. The molecule has 2 aliphatic rings. The average Bonchev–Trinajstić information content (AvgIpc) is 2.97. The maximum Gasteiger partial charge on any atom is 0.108 e. The fourth-order valence-corrected chi connectivity index (χ4v) is 4.29. The summed E-state index contributed by atoms with van der Waals surface area (Å²) in [6.07, 6.45) is 11.2. The minimum atomic E-state index is -0.254. The van der Waals surface area contributed by atoms with E-state index < -0.39 is 0 Å². The van der Waals surface area contributed by atoms with E-state index in [1.54, 1.807) is 0 Å². The highest BCUT2D eigenvalue weighted by molar-refractivity contribution is 5.13. The van der Waals surface area contributed by atoms with Gasteiger partial charge in [-0.1, -0.05) is 20.3 Å². The van der Waals surface area contributed by atoms with Crippen LogP contribution >= 0.6 is 0 Å². The van der Waals surface area contributed by atoms with Gasteiger partial charge in [0.1, 0.15) is 5.54 Å². The molecule has 2 fully saturated rings. The zero-order chi connectivity index (χ0) is 15.3. The highest BCUT2D eigenvalue weighted by Gasteiger charge is 2.41. The van der Waals surface area contributed by atoms with Gasteiger partial charge in [0, 0.05) is 12.1 Å². The number of rotatable bonds is 6. The Morgan fingerprint density at radius 3 is 2.43 bits per heavy atom. The molecule has 0 bridgehead atoms. The molecule has 0 heterocycles. The lowest BCUT2D eigenvalue weighted by molar-refractivity contribution is 0.118. The van der Waals surface area contributed by atoms with Gasteiger partial charge in [0.2, 0.25) is 0 Å². The minimum Gasteiger partial charge on any atom is -0.300 e. The van der Waals surface area contributed by atoms with Crippen LogP contribution in [0, 0.1) is 17.2 Å². The predicted octanol–water partition coefficient (Wildman–Crippen LogP) is 3.70. The standard InChI is InChI=1S/C18H33N3/c1-4-12-20-18(14-19)11-10-17(13-18)21(3)16-8-6-15(5-2)7-9-16/h15-17,20H,4-13H2,1-3H3. The van der Waals surface area contributed by atoms with Crippen LogP contribution in [0.2, 0.25) is 0 Å². The molecule has 0 radical (unpaired) electrons. The van der Waals surface area contributed by atoms with Crippen molar-refractivity contribution in [3.05, 3.63) is 0 Å². The minimum absolute atomic E-state index is 0.254. The van der Waals surface area contributed by atoms with Crippen LogP contribution in [0.4, 0.5) is 0 Å². The molecule has 2 atom stereocenters. The van der Waals surface area contributed by atoms with E-state index >= 15 is 0 Å². The first-order valence-corrected chi connectivity index (χ1v) is 9.02. The topological polar surface area (TPSA) is 39.1 Å². The van der Waals surface area contributed by atoms with E-state index in [1.807, 2.05) is 0 Å². The lowest BCUT2D eigenvalue weighted by Crippen LogP contribution is -2.46. The molecule has 0 saturated heterocycles. The summed E-state index contributed by atoms with van der Waals surface area (Å²) in [6.45, 7) is 5.46. The Morgan fingerprint density at radius 1 is 1.14 bits per heavy atom. The molecule has 2 rings (SSSR count). The summed E-state index contributed by atoms with van der Waals surface area (Å²) in [5.41, 5.74) is -0.254. The largest absolute Gasteiger partial charge is 0.300 e. The van der Waals surface area contributed by atoms with E-state index in [0.717, 1.165) is 37.8 Å². The molecule has 0 spiro atoms. The van der Waals surface area contributed by atoms with Gasteiger partial charge < -0.3 is 4.90 Å². The predicted molar refractivity (Wildman–Crippen MR) is 88.1 cm³/mol. The molecule has 2 saturated carbocycles. The molecule has 3 heteroatoms. The van der Waals surface area contributed by atoms with Crippen LogP contribution in [-0.2, 0) is 0 Å². The molecule has 2 unspecified atom stereocenters. The van der Waals surface area contributed by atoms with Gasteiger partial charge in [0.25, 0.3) is 0 Å². The zero-order valence-corrected chi connectivity index (χ0v) is 14.2. The molecular weight excluding hydrogens is 258 g/mol. The van der Waals surface area contributed by atoms with Crippen molar-refractivity contribution in [3.8, 4) is 6.07 Å². The molecule has 0 amide bonds. The Morgan fingerprint density at radius 2 is 1.86 bits per heavy atom. The monoisotopic (exact) mass is 291 g/mol. The summed E-state index contributed by atoms with van der Waals surface area (Å²) in [5.74, 6) is 0.961. The summed E-state index contributed by atoms with van der Waals surface area (Å²) >= 11 is 0. The van der Waals surface area contributed by atoms with Gasteiger partial charge in [0.05, 0.1) is 6.07 Å². The van der Waals surface area contributed by atoms with Crippen molar-refractivity contribution in [2.45, 2.75) is 89.3 Å². The third-order valence-electron chi connectivity index (χ3n) is 5.96. The maximum absolute atomic E-state index is 9.59. The van der Waals surface area contributed by atoms with Crippen LogP contribution in [0.25, 0.3) is 0 Å². The fourth-order valence-electron chi connectivity index (χ4n) is 4.29. The van der Waals surface area contributed by atoms with E-state index in [2.05, 4.69) is 37.2 Å². The Bertz CT molecular complexity index is 354. The third kappa shape index (κ3) is 3.99. The van der Waals surface area contributed by atoms with E-state index in [9.17, 15) is 5.26 Å². The molecular formula is C18H33N3. The molecule has 0 aliphatic heterocycles. The van der Waals surface area contributed by atoms with Crippen molar-refractivity contribution in [1.82, 2.24) is 10.2 Å². The summed E-state index contributed by atoms with van der Waals surface area (Å²) in [7, 11) is 2.30. The van der Waals surface area contributed by atoms with Gasteiger partial charge in [-0.05, 0) is 70.9 Å². The first-order chi connectivity index (χ1) is 10.1. The average molecular weight is 291 g/mol. The number of nitrogens with one attached hydrogen (secondary N) is 1. The Hall–Kier alpha value is -0.590. The molecule has 1 N–H and O–H groups in total. The number of hydrogen-bond acceptors (Lipinski definition) is 3. The van der Waals surface area contributed by atoms with Gasteiger partial charge >= 0.3 is 0 Å². The van der Waals surface area contributed by atoms with Crippen molar-refractivity contribution in [1.29, 1.82) is 5.26 Å². The van der Waals surface area contributed by atoms with Crippen molar-refractivity contribution in [2.24, 2.45) is 5.92 Å². The third-order valence-corrected chi connectivity index (χ3v) is 5.96. The first-order valence-electron chi connectivity index (χ1n) is 9.02. The summed E-state index contributed by atoms with van der Waals surface area (Å²) < 4.78 is 0. The maximum atomic E-state index is 9.59. The van der Waals surface area contributed by atoms with Gasteiger partial charge in [-0.25, -0.2) is 0 Å². The van der Waals surface area contributed by atoms with Crippen LogP contribution in [-0.4, -0.2) is 36.1 Å². The van der Waals surface area contributed by atoms with E-state index in [-0.39, 0.29) is 5.54 Å². The second kappa shape index (κ2) is 7.61. The van der Waals surface area contributed by atoms with Crippen molar-refractivity contribution in [3.63, 3.8) is 0 Å². The Kier molecular flexibility index (Phi) is 6.08. The van der Waals surface area contributed by atoms with Crippen LogP contribution in [0.3, 0.4) is 0 Å². The number of nitrogens with zero attached hydrogens (tertiary/aromatic N) is 2. The van der Waals surface area contributed by atoms with Crippen molar-refractivity contribution in [2.75, 3.05) is 13.6 Å². The first kappa shape index (κ1) is 16.8. The van der Waals surface area contributed by atoms with Crippen LogP contribution < -0.4 is 5.32 Å². The number of nitriles is 1. The molecule has 2 aliphatic carbocycles. The Balaban J connectivity index is 1.87. The van der Waals surface area contributed by atoms with Crippen molar-refractivity contribution < 1.29 is 0 Å². The van der Waals surface area contributed by atoms with Crippen LogP contribution in [0.5, 0.6) is 0 Å². The zero-order valence-electron chi connectivity index (χ0n) is 14.2. The smallest absolute Gasteiger partial charge is 0.108 e. The molecule has 0 aromatic heterocycles. The second-order valence-corrected chi connectivity index (χ2v) is 7.27. The highest BCUT2D eigenvalue weighted by atomic mass is 15.2. The molecule has 0 aromatic rings. The van der Waals surface area contributed by atoms with Gasteiger partial charge in [-0.3, -0.25) is 5.32 Å². The Labute approximate surface area is 131 Å². The lowest BCUT2D eigenvalue weighted by atomic mass is 9.83. The fraction of sp³-hybridized carbons (Fsp3) is 0.944. The van der Waals surface area contributed by atoms with Gasteiger partial charge in [-0.2, -0.15) is 5.26 Å². The molecule has 0 aromatic carbocycles. The van der Waals surface area contributed by atoms with E-state index in [4.69, 9.17) is 0 Å². The van der Waals surface area contributed by atoms with Crippen LogP contribution in [0.15, 0.2) is 0 Å². The molecule has 21 heavy (non-hydrogen) atoms. The van der Waals surface area contributed by atoms with Crippen molar-refractivity contribution >= 4 is 0 Å². The normalized spacial score (nSPS) is 36.8. The SMILES string of the molecule is CCCNC1(C#N)CCC(N(C)C2CCC(CC)CC2)C1. The summed E-state index contributed by atoms with van der Waals surface area (Å²) in [5, 5.41) is 13.1.